The molecule has 136 valence electrons. The highest BCUT2D eigenvalue weighted by molar-refractivity contribution is 7.99. The van der Waals surface area contributed by atoms with Crippen LogP contribution in [0.1, 0.15) is 16.8 Å². The molecule has 1 unspecified atom stereocenters. The molecule has 2 rings (SSSR count). The number of methoxy groups -OCH3 is 1. The number of primary amides is 1. The lowest BCUT2D eigenvalue weighted by Gasteiger charge is -2.34. The number of carboxylic acids is 1. The smallest absolute Gasteiger partial charge is 0.305 e. The molecule has 8 nitrogen and oxygen atoms in total. The Labute approximate surface area is 149 Å². The number of amides is 2. The number of rotatable bonds is 7. The van der Waals surface area contributed by atoms with E-state index >= 15 is 0 Å². The van der Waals surface area contributed by atoms with Crippen LogP contribution in [0.3, 0.4) is 0 Å². The predicted octanol–water partition coefficient (Wildman–Crippen LogP) is 0.592. The van der Waals surface area contributed by atoms with Gasteiger partial charge in [0.05, 0.1) is 19.6 Å². The van der Waals surface area contributed by atoms with Crippen LogP contribution in [0.2, 0.25) is 0 Å². The molecule has 2 amide bonds. The number of aliphatic carboxylic acids is 1. The van der Waals surface area contributed by atoms with Crippen molar-refractivity contribution in [3.05, 3.63) is 23.8 Å². The van der Waals surface area contributed by atoms with Gasteiger partial charge in [0.15, 0.2) is 18.1 Å². The third kappa shape index (κ3) is 5.02. The van der Waals surface area contributed by atoms with Crippen LogP contribution in [-0.2, 0) is 9.59 Å². The lowest BCUT2D eigenvalue weighted by Crippen LogP contribution is -2.47. The number of carboxylic acid groups (broad SMARTS) is 1. The Morgan fingerprint density at radius 1 is 1.36 bits per heavy atom. The molecule has 1 fully saturated rings. The maximum atomic E-state index is 12.8. The lowest BCUT2D eigenvalue weighted by atomic mass is 10.1. The van der Waals surface area contributed by atoms with Crippen molar-refractivity contribution in [2.45, 2.75) is 12.5 Å². The number of carbonyl (C=O) groups excluding carboxylic acids is 2. The summed E-state index contributed by atoms with van der Waals surface area (Å²) in [5.74, 6) is 0.143. The molecule has 0 saturated carbocycles. The number of hydrogen-bond donors (Lipinski definition) is 2. The number of nitrogens with two attached hydrogens (primary N) is 1. The first-order valence-electron chi connectivity index (χ1n) is 7.62. The zero-order valence-electron chi connectivity index (χ0n) is 13.8. The molecule has 0 radical (unpaired) electrons. The van der Waals surface area contributed by atoms with Crippen LogP contribution >= 0.6 is 11.8 Å². The van der Waals surface area contributed by atoms with Gasteiger partial charge in [-0.15, -0.1) is 0 Å². The van der Waals surface area contributed by atoms with Crippen molar-refractivity contribution in [3.63, 3.8) is 0 Å². The zero-order valence-corrected chi connectivity index (χ0v) is 14.6. The normalized spacial score (nSPS) is 17.0. The van der Waals surface area contributed by atoms with E-state index in [4.69, 9.17) is 20.3 Å². The Bertz CT molecular complexity index is 666. The van der Waals surface area contributed by atoms with Crippen molar-refractivity contribution in [2.75, 3.05) is 31.8 Å². The first kappa shape index (κ1) is 18.9. The largest absolute Gasteiger partial charge is 0.493 e. The van der Waals surface area contributed by atoms with Gasteiger partial charge in [-0.25, -0.2) is 0 Å². The van der Waals surface area contributed by atoms with Gasteiger partial charge in [-0.3, -0.25) is 14.4 Å². The van der Waals surface area contributed by atoms with Gasteiger partial charge in [-0.2, -0.15) is 11.8 Å². The van der Waals surface area contributed by atoms with Crippen LogP contribution in [0.4, 0.5) is 0 Å². The Balaban J connectivity index is 2.19. The number of nitrogens with zero attached hydrogens (tertiary/aromatic N) is 1. The number of thioether (sulfide) groups is 1. The average Bonchev–Trinajstić information content (AvgIpc) is 2.59. The van der Waals surface area contributed by atoms with E-state index in [2.05, 4.69) is 0 Å². The zero-order chi connectivity index (χ0) is 18.4. The number of ether oxygens (including phenoxy) is 2. The maximum Gasteiger partial charge on any atom is 0.305 e. The Hall–Kier alpha value is -2.42. The van der Waals surface area contributed by atoms with Gasteiger partial charge in [0.25, 0.3) is 11.8 Å². The Morgan fingerprint density at radius 2 is 2.12 bits per heavy atom. The van der Waals surface area contributed by atoms with Crippen molar-refractivity contribution in [1.82, 2.24) is 4.90 Å². The van der Waals surface area contributed by atoms with Gasteiger partial charge < -0.3 is 25.2 Å². The highest BCUT2D eigenvalue weighted by Gasteiger charge is 2.30. The van der Waals surface area contributed by atoms with E-state index in [0.717, 1.165) is 5.75 Å². The molecule has 0 bridgehead atoms. The van der Waals surface area contributed by atoms with E-state index < -0.39 is 11.9 Å². The summed E-state index contributed by atoms with van der Waals surface area (Å²) in [5, 5.41) is 9.04. The molecular formula is C16H20N2O6S. The molecular weight excluding hydrogens is 348 g/mol. The molecule has 9 heteroatoms. The Kier molecular flexibility index (Phi) is 6.51. The first-order chi connectivity index (χ1) is 11.9. The molecule has 3 N–H and O–H groups in total. The fourth-order valence-corrected chi connectivity index (χ4v) is 3.59. The van der Waals surface area contributed by atoms with Gasteiger partial charge in [-0.1, -0.05) is 0 Å². The van der Waals surface area contributed by atoms with E-state index in [9.17, 15) is 14.4 Å². The summed E-state index contributed by atoms with van der Waals surface area (Å²) >= 11 is 1.64. The summed E-state index contributed by atoms with van der Waals surface area (Å²) < 4.78 is 10.4. The summed E-state index contributed by atoms with van der Waals surface area (Å²) in [5.41, 5.74) is 5.41. The summed E-state index contributed by atoms with van der Waals surface area (Å²) in [6, 6.07) is 4.25. The predicted molar refractivity (Wildman–Crippen MR) is 92.1 cm³/mol. The van der Waals surface area contributed by atoms with Crippen molar-refractivity contribution < 1.29 is 29.0 Å². The second kappa shape index (κ2) is 8.61. The van der Waals surface area contributed by atoms with E-state index in [1.54, 1.807) is 22.7 Å². The van der Waals surface area contributed by atoms with Crippen molar-refractivity contribution >= 4 is 29.5 Å². The topological polar surface area (TPSA) is 119 Å². The lowest BCUT2D eigenvalue weighted by molar-refractivity contribution is -0.138. The second-order valence-electron chi connectivity index (χ2n) is 5.45. The van der Waals surface area contributed by atoms with Gasteiger partial charge in [0, 0.05) is 23.6 Å². The molecule has 0 aliphatic carbocycles. The molecule has 25 heavy (non-hydrogen) atoms. The fourth-order valence-electron chi connectivity index (χ4n) is 2.53. The quantitative estimate of drug-likeness (QED) is 0.723. The monoisotopic (exact) mass is 368 g/mol. The molecule has 0 aromatic heterocycles. The number of carbonyl (C=O) groups is 3. The van der Waals surface area contributed by atoms with E-state index in [0.29, 0.717) is 29.4 Å². The van der Waals surface area contributed by atoms with Crippen LogP contribution < -0.4 is 15.2 Å². The van der Waals surface area contributed by atoms with Gasteiger partial charge in [0.1, 0.15) is 0 Å². The van der Waals surface area contributed by atoms with Crippen molar-refractivity contribution in [3.8, 4) is 11.5 Å². The highest BCUT2D eigenvalue weighted by Crippen LogP contribution is 2.29. The molecule has 1 aromatic rings. The van der Waals surface area contributed by atoms with Gasteiger partial charge >= 0.3 is 5.97 Å². The molecule has 0 spiro atoms. The fraction of sp³-hybridized carbons (Fsp3) is 0.438. The van der Waals surface area contributed by atoms with Gasteiger partial charge in [-0.05, 0) is 18.2 Å². The molecule has 1 heterocycles. The van der Waals surface area contributed by atoms with Crippen LogP contribution in [0.5, 0.6) is 11.5 Å². The van der Waals surface area contributed by atoms with E-state index in [1.807, 2.05) is 0 Å². The summed E-state index contributed by atoms with van der Waals surface area (Å²) in [4.78, 5) is 36.2. The van der Waals surface area contributed by atoms with Crippen LogP contribution in [0.15, 0.2) is 18.2 Å². The summed E-state index contributed by atoms with van der Waals surface area (Å²) in [7, 11) is 1.42. The standard InChI is InChI=1S/C16H20N2O6S/c1-23-13-6-10(2-3-12(13)24-8-14(17)19)16(22)18-4-5-25-9-11(18)7-15(20)21/h2-3,6,11H,4-5,7-9H2,1H3,(H2,17,19)(H,20,21). The minimum Gasteiger partial charge on any atom is -0.493 e. The van der Waals surface area contributed by atoms with Gasteiger partial charge in [0.2, 0.25) is 0 Å². The minimum atomic E-state index is -0.932. The highest BCUT2D eigenvalue weighted by atomic mass is 32.2. The van der Waals surface area contributed by atoms with Crippen molar-refractivity contribution in [1.29, 1.82) is 0 Å². The molecule has 1 aliphatic rings. The third-order valence-corrected chi connectivity index (χ3v) is 4.77. The maximum absolute atomic E-state index is 12.8. The van der Waals surface area contributed by atoms with Crippen LogP contribution in [0, 0.1) is 0 Å². The molecule has 1 aliphatic heterocycles. The first-order valence-corrected chi connectivity index (χ1v) is 8.77. The summed E-state index contributed by atoms with van der Waals surface area (Å²) in [6.07, 6.45) is -0.0876. The van der Waals surface area contributed by atoms with E-state index in [1.165, 1.54) is 19.2 Å². The Morgan fingerprint density at radius 3 is 2.76 bits per heavy atom. The third-order valence-electron chi connectivity index (χ3n) is 3.68. The summed E-state index contributed by atoms with van der Waals surface area (Å²) in [6.45, 7) is 0.192. The molecule has 1 saturated heterocycles. The van der Waals surface area contributed by atoms with Crippen molar-refractivity contribution in [2.24, 2.45) is 5.73 Å². The average molecular weight is 368 g/mol. The van der Waals surface area contributed by atoms with E-state index in [-0.39, 0.29) is 25.0 Å². The molecule has 1 atom stereocenters. The number of benzene rings is 1. The number of hydrogen-bond acceptors (Lipinski definition) is 6. The molecule has 1 aromatic carbocycles. The van der Waals surface area contributed by atoms with Crippen LogP contribution in [0.25, 0.3) is 0 Å². The SMILES string of the molecule is COc1cc(C(=O)N2CCSCC2CC(=O)O)ccc1OCC(N)=O. The minimum absolute atomic E-state index is 0.0876. The van der Waals surface area contributed by atoms with Crippen LogP contribution in [-0.4, -0.2) is 65.6 Å². The second-order valence-corrected chi connectivity index (χ2v) is 6.60.